The summed E-state index contributed by atoms with van der Waals surface area (Å²) in [6, 6.07) is 62.3. The monoisotopic (exact) mass is 1030 g/mol. The van der Waals surface area contributed by atoms with E-state index in [1.165, 1.54) is 83.2 Å². The molecule has 0 radical (unpaired) electrons. The van der Waals surface area contributed by atoms with E-state index in [1.807, 2.05) is 0 Å². The molecular weight excluding hydrogens is 957 g/mol. The fourth-order valence-corrected chi connectivity index (χ4v) is 13.2. The fourth-order valence-electron chi connectivity index (χ4n) is 13.2. The highest BCUT2D eigenvalue weighted by molar-refractivity contribution is 6.09. The topological polar surface area (TPSA) is 16.3 Å². The molecule has 4 nitrogen and oxygen atoms in total. The molecule has 4 aliphatic rings. The van der Waals surface area contributed by atoms with Gasteiger partial charge in [0.1, 0.15) is 0 Å². The third-order valence-corrected chi connectivity index (χ3v) is 17.4. The molecule has 0 saturated carbocycles. The molecule has 0 aliphatic heterocycles. The SMILES string of the molecule is C/C=C\CC(C)n1c2c(c3cc(N(c4ccc(C5=CCC(C)(N(c6ccc(C7C=CC=CC7C)cc6)c6ccc7c(c6)c6ccccc6n7C6C=CC=CC6)C=C5)cc4)c4ccc(-c5ccccc5)cc4)ccc31)C=CC(C)C2. The quantitative estimate of drug-likeness (QED) is 0.107. The van der Waals surface area contributed by atoms with E-state index < -0.39 is 0 Å². The molecule has 2 aromatic heterocycles. The molecule has 0 amide bonds. The number of nitrogens with zero attached hydrogens (tertiary/aromatic N) is 4. The Hall–Kier alpha value is -8.60. The van der Waals surface area contributed by atoms with E-state index in [-0.39, 0.29) is 11.6 Å². The number of allylic oxidation sites excluding steroid dienone is 13. The molecule has 0 N–H and O–H groups in total. The zero-order valence-corrected chi connectivity index (χ0v) is 46.3. The molecule has 4 heteroatoms. The van der Waals surface area contributed by atoms with Gasteiger partial charge in [0.2, 0.25) is 0 Å². The first kappa shape index (κ1) is 49.9. The first-order valence-corrected chi connectivity index (χ1v) is 28.8. The highest BCUT2D eigenvalue weighted by Crippen LogP contribution is 2.46. The first-order valence-electron chi connectivity index (χ1n) is 28.8. The number of hydrogen-bond donors (Lipinski definition) is 0. The Kier molecular flexibility index (Phi) is 13.3. The van der Waals surface area contributed by atoms with Crippen molar-refractivity contribution in [1.29, 1.82) is 0 Å². The smallest absolute Gasteiger partial charge is 0.0643 e. The lowest BCUT2D eigenvalue weighted by Gasteiger charge is -2.42. The summed E-state index contributed by atoms with van der Waals surface area (Å²) in [6.45, 7) is 11.5. The van der Waals surface area contributed by atoms with Gasteiger partial charge in [-0.3, -0.25) is 0 Å². The van der Waals surface area contributed by atoms with Gasteiger partial charge in [0.15, 0.2) is 0 Å². The summed E-state index contributed by atoms with van der Waals surface area (Å²) in [7, 11) is 0. The summed E-state index contributed by atoms with van der Waals surface area (Å²) in [6.07, 6.45) is 38.4. The Morgan fingerprint density at radius 2 is 1.27 bits per heavy atom. The van der Waals surface area contributed by atoms with Crippen LogP contribution >= 0.6 is 0 Å². The van der Waals surface area contributed by atoms with Crippen LogP contribution in [-0.4, -0.2) is 14.7 Å². The zero-order chi connectivity index (χ0) is 53.6. The number of anilines is 5. The highest BCUT2D eigenvalue weighted by atomic mass is 15.2. The van der Waals surface area contributed by atoms with Crippen molar-refractivity contribution in [2.45, 2.75) is 83.8 Å². The highest BCUT2D eigenvalue weighted by Gasteiger charge is 2.34. The molecule has 0 spiro atoms. The van der Waals surface area contributed by atoms with E-state index in [2.05, 4.69) is 308 Å². The number of aromatic nitrogens is 2. The van der Waals surface area contributed by atoms with Crippen LogP contribution in [-0.2, 0) is 6.42 Å². The van der Waals surface area contributed by atoms with Crippen LogP contribution in [0.5, 0.6) is 0 Å². The maximum Gasteiger partial charge on any atom is 0.0643 e. The number of fused-ring (bicyclic) bond motifs is 6. The van der Waals surface area contributed by atoms with Gasteiger partial charge >= 0.3 is 0 Å². The maximum atomic E-state index is 2.62. The van der Waals surface area contributed by atoms with Crippen molar-refractivity contribution in [2.75, 3.05) is 9.80 Å². The van der Waals surface area contributed by atoms with Crippen molar-refractivity contribution in [3.05, 3.63) is 271 Å². The Morgan fingerprint density at radius 3 is 2.00 bits per heavy atom. The fraction of sp³-hybridized carbons (Fsp3) is 0.200. The van der Waals surface area contributed by atoms with Crippen molar-refractivity contribution < 1.29 is 0 Å². The Labute approximate surface area is 467 Å². The van der Waals surface area contributed by atoms with Gasteiger partial charge in [-0.05, 0) is 165 Å². The summed E-state index contributed by atoms with van der Waals surface area (Å²) in [5.41, 5.74) is 18.3. The third kappa shape index (κ3) is 9.27. The van der Waals surface area contributed by atoms with Crippen LogP contribution in [0.2, 0.25) is 0 Å². The van der Waals surface area contributed by atoms with Gasteiger partial charge in [-0.15, -0.1) is 0 Å². The molecule has 0 fully saturated rings. The lowest BCUT2D eigenvalue weighted by atomic mass is 9.83. The summed E-state index contributed by atoms with van der Waals surface area (Å²) >= 11 is 0. The lowest BCUT2D eigenvalue weighted by molar-refractivity contribution is 0.534. The Balaban J connectivity index is 0.856. The number of hydrogen-bond acceptors (Lipinski definition) is 2. The molecule has 4 aliphatic carbocycles. The summed E-state index contributed by atoms with van der Waals surface area (Å²) < 4.78 is 5.16. The second-order valence-electron chi connectivity index (χ2n) is 22.8. The minimum Gasteiger partial charge on any atom is -0.341 e. The molecule has 6 unspecified atom stereocenters. The Bertz CT molecular complexity index is 3980. The van der Waals surface area contributed by atoms with Gasteiger partial charge in [-0.25, -0.2) is 0 Å². The maximum absolute atomic E-state index is 2.62. The van der Waals surface area contributed by atoms with Gasteiger partial charge in [-0.2, -0.15) is 0 Å². The molecule has 79 heavy (non-hydrogen) atoms. The second kappa shape index (κ2) is 21.0. The largest absolute Gasteiger partial charge is 0.341 e. The molecule has 0 bridgehead atoms. The second-order valence-corrected chi connectivity index (χ2v) is 22.8. The predicted octanol–water partition coefficient (Wildman–Crippen LogP) is 20.5. The summed E-state index contributed by atoms with van der Waals surface area (Å²) in [5, 5.41) is 3.88. The van der Waals surface area contributed by atoms with E-state index in [9.17, 15) is 0 Å². The number of benzene rings is 7. The number of rotatable bonds is 13. The van der Waals surface area contributed by atoms with Crippen LogP contribution in [0.1, 0.15) is 94.3 Å². The van der Waals surface area contributed by atoms with Gasteiger partial charge in [0, 0.05) is 84.4 Å². The van der Waals surface area contributed by atoms with Crippen molar-refractivity contribution in [2.24, 2.45) is 11.8 Å². The van der Waals surface area contributed by atoms with E-state index >= 15 is 0 Å². The van der Waals surface area contributed by atoms with Crippen molar-refractivity contribution >= 4 is 72.8 Å². The molecule has 9 aromatic rings. The van der Waals surface area contributed by atoms with Crippen molar-refractivity contribution in [3.8, 4) is 11.1 Å². The minimum absolute atomic E-state index is 0.274. The average molecular weight is 1030 g/mol. The molecule has 390 valence electrons. The molecule has 2 heterocycles. The molecule has 0 saturated heterocycles. The minimum atomic E-state index is -0.355. The van der Waals surface area contributed by atoms with Gasteiger partial charge < -0.3 is 18.9 Å². The standard InChI is InChI=1S/C75H70N4/c1-6-7-19-54(4)76-72-43-40-64(50-69(72)68-42-27-52(2)49-74(68)76)77(61-34-28-56(29-35-61)55-20-10-8-11-21-55)62-36-30-57(31-37-62)58-45-47-75(5,48-46-58)79(63-38-32-59(33-39-63)66-24-15-14-18-53(66)3)65-41-44-73-70(51-65)67-25-16-17-26-71(67)78(73)60-22-12-9-13-23-60/h6-18,20-22,24-47,50-54,60,66H,19,23,48-49H2,1-5H3/b7-6-. The predicted molar refractivity (Wildman–Crippen MR) is 338 cm³/mol. The van der Waals surface area contributed by atoms with E-state index in [0.717, 1.165) is 42.7 Å². The molecule has 13 rings (SSSR count). The van der Waals surface area contributed by atoms with Crippen LogP contribution in [0.25, 0.3) is 55.5 Å². The van der Waals surface area contributed by atoms with E-state index in [4.69, 9.17) is 0 Å². The van der Waals surface area contributed by atoms with E-state index in [0.29, 0.717) is 23.8 Å². The van der Waals surface area contributed by atoms with E-state index in [1.54, 1.807) is 0 Å². The van der Waals surface area contributed by atoms with Gasteiger partial charge in [0.05, 0.1) is 11.6 Å². The van der Waals surface area contributed by atoms with Crippen LogP contribution in [0.3, 0.4) is 0 Å². The Morgan fingerprint density at radius 1 is 0.608 bits per heavy atom. The van der Waals surface area contributed by atoms with Crippen molar-refractivity contribution in [3.63, 3.8) is 0 Å². The summed E-state index contributed by atoms with van der Waals surface area (Å²) in [5.74, 6) is 1.31. The third-order valence-electron chi connectivity index (χ3n) is 17.4. The zero-order valence-electron chi connectivity index (χ0n) is 46.3. The molecule has 6 atom stereocenters. The molecule has 7 aromatic carbocycles. The van der Waals surface area contributed by atoms with Gasteiger partial charge in [-0.1, -0.05) is 190 Å². The number of para-hydroxylation sites is 1. The van der Waals surface area contributed by atoms with Crippen LogP contribution in [0, 0.1) is 11.8 Å². The average Bonchev–Trinajstić information content (AvgIpc) is 4.24. The van der Waals surface area contributed by atoms with Gasteiger partial charge in [0.25, 0.3) is 0 Å². The van der Waals surface area contributed by atoms with Crippen LogP contribution in [0.4, 0.5) is 28.4 Å². The normalized spacial score (nSPS) is 20.8. The first-order chi connectivity index (χ1) is 38.7. The lowest BCUT2D eigenvalue weighted by Crippen LogP contribution is -2.42. The summed E-state index contributed by atoms with van der Waals surface area (Å²) in [4.78, 5) is 5.02. The van der Waals surface area contributed by atoms with Crippen LogP contribution in [0.15, 0.2) is 249 Å². The molecular formula is C75H70N4. The van der Waals surface area contributed by atoms with Crippen molar-refractivity contribution in [1.82, 2.24) is 9.13 Å². The van der Waals surface area contributed by atoms with Crippen LogP contribution < -0.4 is 9.80 Å².